The van der Waals surface area contributed by atoms with E-state index < -0.39 is 36.0 Å². The molecule has 2 heterocycles. The number of nitrogens with zero attached hydrogens (tertiary/aromatic N) is 1. The van der Waals surface area contributed by atoms with Gasteiger partial charge in [0, 0.05) is 24.8 Å². The number of carbonyl (C=O) groups is 3. The molecule has 2 amide bonds. The highest BCUT2D eigenvalue weighted by Gasteiger charge is 2.34. The van der Waals surface area contributed by atoms with E-state index in [1.807, 2.05) is 0 Å². The molecule has 2 aliphatic rings. The minimum Gasteiger partial charge on any atom is -0.482 e. The molecule has 1 saturated heterocycles. The Morgan fingerprint density at radius 3 is 2.79 bits per heavy atom. The average molecular weight is 474 g/mol. The molecule has 0 saturated carbocycles. The van der Waals surface area contributed by atoms with Crippen LogP contribution >= 0.6 is 0 Å². The second-order valence-corrected chi connectivity index (χ2v) is 8.08. The maximum Gasteiger partial charge on any atom is 0.265 e. The van der Waals surface area contributed by atoms with Crippen molar-refractivity contribution in [2.24, 2.45) is 0 Å². The van der Waals surface area contributed by atoms with Gasteiger partial charge >= 0.3 is 0 Å². The number of hydrogen-bond donors (Lipinski definition) is 1. The lowest BCUT2D eigenvalue weighted by atomic mass is 10.1. The highest BCUT2D eigenvalue weighted by molar-refractivity contribution is 6.05. The van der Waals surface area contributed by atoms with Gasteiger partial charge in [-0.15, -0.1) is 0 Å². The molecule has 1 N–H and O–H groups in total. The fraction of sp³-hybridized carbons (Fsp3) is 0.375. The number of nitrogens with one attached hydrogen (secondary N) is 1. The van der Waals surface area contributed by atoms with Gasteiger partial charge in [-0.25, -0.2) is 8.78 Å². The number of anilines is 1. The molecule has 180 valence electrons. The van der Waals surface area contributed by atoms with Crippen molar-refractivity contribution in [3.8, 4) is 11.5 Å². The molecular formula is C24H24F2N2O6. The fourth-order valence-corrected chi connectivity index (χ4v) is 3.87. The Labute approximate surface area is 194 Å². The summed E-state index contributed by atoms with van der Waals surface area (Å²) in [5.74, 6) is -2.88. The maximum absolute atomic E-state index is 13.8. The zero-order valence-corrected chi connectivity index (χ0v) is 18.5. The number of fused-ring (bicyclic) bond motifs is 1. The zero-order chi connectivity index (χ0) is 24.2. The SMILES string of the molecule is CC(C(=O)NCC1CCCO1)N1C(=O)COc2ccc(C(=O)COc3ccc(F)cc3F)cc21. The molecule has 1 fully saturated rings. The van der Waals surface area contributed by atoms with E-state index in [2.05, 4.69) is 5.32 Å². The zero-order valence-electron chi connectivity index (χ0n) is 18.5. The van der Waals surface area contributed by atoms with Crippen LogP contribution in [0.3, 0.4) is 0 Å². The van der Waals surface area contributed by atoms with Gasteiger partial charge in [0.25, 0.3) is 5.91 Å². The molecule has 0 spiro atoms. The van der Waals surface area contributed by atoms with Crippen molar-refractivity contribution in [3.05, 3.63) is 53.6 Å². The molecule has 2 aliphatic heterocycles. The minimum atomic E-state index is -0.925. The highest BCUT2D eigenvalue weighted by atomic mass is 19.1. The van der Waals surface area contributed by atoms with Crippen LogP contribution in [0.25, 0.3) is 0 Å². The van der Waals surface area contributed by atoms with Crippen molar-refractivity contribution in [1.82, 2.24) is 5.32 Å². The number of carbonyl (C=O) groups excluding carboxylic acids is 3. The summed E-state index contributed by atoms with van der Waals surface area (Å²) < 4.78 is 43.0. The van der Waals surface area contributed by atoms with Gasteiger partial charge in [-0.3, -0.25) is 19.3 Å². The first-order valence-corrected chi connectivity index (χ1v) is 10.9. The lowest BCUT2D eigenvalue weighted by molar-refractivity contribution is -0.127. The summed E-state index contributed by atoms with van der Waals surface area (Å²) in [6.45, 7) is 1.86. The summed E-state index contributed by atoms with van der Waals surface area (Å²) >= 11 is 0. The van der Waals surface area contributed by atoms with Crippen LogP contribution in [0.5, 0.6) is 11.5 Å². The van der Waals surface area contributed by atoms with Crippen molar-refractivity contribution in [1.29, 1.82) is 0 Å². The van der Waals surface area contributed by atoms with E-state index in [1.165, 1.54) is 23.1 Å². The Morgan fingerprint density at radius 2 is 2.06 bits per heavy atom. The molecule has 2 aromatic rings. The molecule has 4 rings (SSSR count). The lowest BCUT2D eigenvalue weighted by Gasteiger charge is -2.33. The molecule has 0 radical (unpaired) electrons. The number of ether oxygens (including phenoxy) is 3. The van der Waals surface area contributed by atoms with Crippen LogP contribution in [0.2, 0.25) is 0 Å². The second-order valence-electron chi connectivity index (χ2n) is 8.08. The molecule has 0 bridgehead atoms. The van der Waals surface area contributed by atoms with Gasteiger partial charge in [-0.05, 0) is 50.1 Å². The van der Waals surface area contributed by atoms with E-state index in [0.717, 1.165) is 25.0 Å². The van der Waals surface area contributed by atoms with Gasteiger partial charge in [0.1, 0.15) is 17.6 Å². The lowest BCUT2D eigenvalue weighted by Crippen LogP contribution is -2.52. The van der Waals surface area contributed by atoms with E-state index in [-0.39, 0.29) is 35.6 Å². The minimum absolute atomic E-state index is 0.0426. The Morgan fingerprint density at radius 1 is 1.24 bits per heavy atom. The Kier molecular flexibility index (Phi) is 7.06. The third kappa shape index (κ3) is 5.17. The number of amides is 2. The van der Waals surface area contributed by atoms with Crippen molar-refractivity contribution in [2.75, 3.05) is 31.3 Å². The van der Waals surface area contributed by atoms with Crippen molar-refractivity contribution >= 4 is 23.3 Å². The van der Waals surface area contributed by atoms with Crippen LogP contribution in [0.15, 0.2) is 36.4 Å². The Balaban J connectivity index is 1.47. The van der Waals surface area contributed by atoms with Crippen molar-refractivity contribution in [3.63, 3.8) is 0 Å². The van der Waals surface area contributed by atoms with E-state index in [4.69, 9.17) is 14.2 Å². The number of Topliss-reactive ketones (excluding diaryl/α,β-unsaturated/α-hetero) is 1. The van der Waals surface area contributed by atoms with E-state index in [0.29, 0.717) is 25.0 Å². The van der Waals surface area contributed by atoms with Crippen molar-refractivity contribution in [2.45, 2.75) is 31.9 Å². The molecule has 0 aromatic heterocycles. The smallest absolute Gasteiger partial charge is 0.265 e. The van der Waals surface area contributed by atoms with Gasteiger partial charge in [0.05, 0.1) is 11.8 Å². The number of halogens is 2. The van der Waals surface area contributed by atoms with Crippen LogP contribution in [0.4, 0.5) is 14.5 Å². The molecule has 10 heteroatoms. The molecule has 0 aliphatic carbocycles. The molecule has 34 heavy (non-hydrogen) atoms. The third-order valence-electron chi connectivity index (χ3n) is 5.71. The number of ketones is 1. The van der Waals surface area contributed by atoms with E-state index in [1.54, 1.807) is 6.92 Å². The number of rotatable bonds is 8. The van der Waals surface area contributed by atoms with Gasteiger partial charge < -0.3 is 19.5 Å². The third-order valence-corrected chi connectivity index (χ3v) is 5.71. The number of hydrogen-bond acceptors (Lipinski definition) is 6. The first kappa shape index (κ1) is 23.6. The normalized spacial score (nSPS) is 18.1. The van der Waals surface area contributed by atoms with E-state index in [9.17, 15) is 23.2 Å². The van der Waals surface area contributed by atoms with Crippen LogP contribution in [0, 0.1) is 11.6 Å². The Hall–Kier alpha value is -3.53. The molecule has 2 unspecified atom stereocenters. The van der Waals surface area contributed by atoms with Gasteiger partial charge in [0.15, 0.2) is 30.6 Å². The summed E-state index contributed by atoms with van der Waals surface area (Å²) in [6, 6.07) is 6.36. The van der Waals surface area contributed by atoms with Gasteiger partial charge in [-0.2, -0.15) is 0 Å². The first-order valence-electron chi connectivity index (χ1n) is 10.9. The maximum atomic E-state index is 13.8. The summed E-state index contributed by atoms with van der Waals surface area (Å²) in [5, 5.41) is 2.81. The number of benzene rings is 2. The highest BCUT2D eigenvalue weighted by Crippen LogP contribution is 2.34. The fourth-order valence-electron chi connectivity index (χ4n) is 3.87. The largest absolute Gasteiger partial charge is 0.482 e. The molecular weight excluding hydrogens is 450 g/mol. The first-order chi connectivity index (χ1) is 16.3. The summed E-state index contributed by atoms with van der Waals surface area (Å²) in [5.41, 5.74) is 0.450. The molecule has 2 atom stereocenters. The molecule has 2 aromatic carbocycles. The van der Waals surface area contributed by atoms with Gasteiger partial charge in [0.2, 0.25) is 5.91 Å². The topological polar surface area (TPSA) is 94.2 Å². The van der Waals surface area contributed by atoms with Crippen molar-refractivity contribution < 1.29 is 37.4 Å². The summed E-state index contributed by atoms with van der Waals surface area (Å²) in [4.78, 5) is 39.3. The summed E-state index contributed by atoms with van der Waals surface area (Å²) in [7, 11) is 0. The monoisotopic (exact) mass is 474 g/mol. The predicted molar refractivity (Wildman–Crippen MR) is 117 cm³/mol. The Bertz CT molecular complexity index is 1100. The second kappa shape index (κ2) is 10.2. The van der Waals surface area contributed by atoms with Crippen LogP contribution < -0.4 is 19.7 Å². The quantitative estimate of drug-likeness (QED) is 0.592. The van der Waals surface area contributed by atoms with E-state index >= 15 is 0 Å². The van der Waals surface area contributed by atoms with Crippen LogP contribution in [-0.4, -0.2) is 56.1 Å². The summed E-state index contributed by atoms with van der Waals surface area (Å²) in [6.07, 6.45) is 1.77. The van der Waals surface area contributed by atoms with Crippen LogP contribution in [-0.2, 0) is 14.3 Å². The predicted octanol–water partition coefficient (Wildman–Crippen LogP) is 2.64. The van der Waals surface area contributed by atoms with Crippen LogP contribution in [0.1, 0.15) is 30.1 Å². The average Bonchev–Trinajstić information content (AvgIpc) is 3.34. The van der Waals surface area contributed by atoms with Gasteiger partial charge in [-0.1, -0.05) is 0 Å². The standard InChI is InChI=1S/C24H24F2N2O6/c1-14(24(31)27-11-17-3-2-8-32-17)28-19-9-15(4-6-22(19)34-13-23(28)30)20(29)12-33-21-7-5-16(25)10-18(21)26/h4-7,9-10,14,17H,2-3,8,11-13H2,1H3,(H,27,31). The molecule has 8 nitrogen and oxygen atoms in total.